The van der Waals surface area contributed by atoms with Crippen LogP contribution in [0.15, 0.2) is 4.52 Å². The quantitative estimate of drug-likeness (QED) is 0.800. The Balaban J connectivity index is 1.92. The van der Waals surface area contributed by atoms with Crippen molar-refractivity contribution in [3.05, 3.63) is 11.7 Å². The lowest BCUT2D eigenvalue weighted by Gasteiger charge is -2.30. The maximum Gasteiger partial charge on any atom is 0.226 e. The molecule has 0 radical (unpaired) electrons. The molecule has 0 spiro atoms. The smallest absolute Gasteiger partial charge is 0.226 e. The van der Waals surface area contributed by atoms with Gasteiger partial charge in [0.05, 0.1) is 5.54 Å². The Morgan fingerprint density at radius 2 is 2.40 bits per heavy atom. The first-order chi connectivity index (χ1) is 7.22. The SMILES string of the molecule is CCc1nc(C2(N)CC3CCC2C3)no1. The summed E-state index contributed by atoms with van der Waals surface area (Å²) >= 11 is 0. The summed E-state index contributed by atoms with van der Waals surface area (Å²) in [7, 11) is 0. The van der Waals surface area contributed by atoms with Gasteiger partial charge < -0.3 is 10.3 Å². The van der Waals surface area contributed by atoms with E-state index in [9.17, 15) is 0 Å². The summed E-state index contributed by atoms with van der Waals surface area (Å²) in [5.41, 5.74) is 6.16. The Hall–Kier alpha value is -0.900. The van der Waals surface area contributed by atoms with Gasteiger partial charge in [0.25, 0.3) is 0 Å². The second-order valence-corrected chi connectivity index (χ2v) is 4.99. The van der Waals surface area contributed by atoms with Crippen LogP contribution < -0.4 is 5.73 Å². The van der Waals surface area contributed by atoms with E-state index in [1.165, 1.54) is 19.3 Å². The van der Waals surface area contributed by atoms with Gasteiger partial charge in [-0.05, 0) is 31.1 Å². The first-order valence-corrected chi connectivity index (χ1v) is 5.84. The number of nitrogens with two attached hydrogens (primary N) is 1. The van der Waals surface area contributed by atoms with Crippen LogP contribution in [0.2, 0.25) is 0 Å². The molecule has 2 saturated carbocycles. The molecule has 2 aliphatic rings. The Bertz CT molecular complexity index is 376. The molecule has 0 aromatic carbocycles. The Labute approximate surface area is 89.2 Å². The molecule has 1 heterocycles. The third kappa shape index (κ3) is 1.24. The van der Waals surface area contributed by atoms with Crippen LogP contribution in [0.3, 0.4) is 0 Å². The van der Waals surface area contributed by atoms with Crippen LogP contribution in [0.5, 0.6) is 0 Å². The molecule has 15 heavy (non-hydrogen) atoms. The molecule has 0 saturated heterocycles. The molecule has 2 bridgehead atoms. The van der Waals surface area contributed by atoms with E-state index in [2.05, 4.69) is 10.1 Å². The first kappa shape index (κ1) is 9.33. The minimum Gasteiger partial charge on any atom is -0.339 e. The summed E-state index contributed by atoms with van der Waals surface area (Å²) in [6.07, 6.45) is 5.66. The Morgan fingerprint density at radius 3 is 2.93 bits per heavy atom. The van der Waals surface area contributed by atoms with Crippen molar-refractivity contribution >= 4 is 0 Å². The maximum atomic E-state index is 6.45. The molecule has 4 nitrogen and oxygen atoms in total. The summed E-state index contributed by atoms with van der Waals surface area (Å²) in [5.74, 6) is 2.82. The molecule has 4 heteroatoms. The molecule has 82 valence electrons. The van der Waals surface area contributed by atoms with Gasteiger partial charge in [0.2, 0.25) is 5.89 Å². The second-order valence-electron chi connectivity index (χ2n) is 4.99. The third-order valence-electron chi connectivity index (χ3n) is 4.08. The van der Waals surface area contributed by atoms with E-state index in [0.717, 1.165) is 24.6 Å². The van der Waals surface area contributed by atoms with Gasteiger partial charge in [-0.15, -0.1) is 0 Å². The minimum atomic E-state index is -0.292. The average Bonchev–Trinajstić information content (AvgIpc) is 2.91. The van der Waals surface area contributed by atoms with E-state index >= 15 is 0 Å². The molecular weight excluding hydrogens is 190 g/mol. The number of aryl methyl sites for hydroxylation is 1. The normalized spacial score (nSPS) is 38.8. The van der Waals surface area contributed by atoms with Crippen molar-refractivity contribution in [2.24, 2.45) is 17.6 Å². The number of hydrogen-bond acceptors (Lipinski definition) is 4. The zero-order valence-electron chi connectivity index (χ0n) is 9.07. The number of aromatic nitrogens is 2. The van der Waals surface area contributed by atoms with Crippen LogP contribution in [0.25, 0.3) is 0 Å². The van der Waals surface area contributed by atoms with E-state index in [1.807, 2.05) is 6.92 Å². The van der Waals surface area contributed by atoms with Gasteiger partial charge in [0.1, 0.15) is 0 Å². The summed E-state index contributed by atoms with van der Waals surface area (Å²) < 4.78 is 5.16. The van der Waals surface area contributed by atoms with Crippen molar-refractivity contribution in [2.75, 3.05) is 0 Å². The lowest BCUT2D eigenvalue weighted by molar-refractivity contribution is 0.250. The van der Waals surface area contributed by atoms with Gasteiger partial charge in [-0.1, -0.05) is 18.5 Å². The van der Waals surface area contributed by atoms with E-state index in [-0.39, 0.29) is 5.54 Å². The Kier molecular flexibility index (Phi) is 1.89. The number of fused-ring (bicyclic) bond motifs is 2. The van der Waals surface area contributed by atoms with Crippen LogP contribution in [-0.4, -0.2) is 10.1 Å². The zero-order chi connectivity index (χ0) is 10.5. The fourth-order valence-corrected chi connectivity index (χ4v) is 3.23. The molecule has 3 rings (SSSR count). The van der Waals surface area contributed by atoms with Crippen molar-refractivity contribution in [3.8, 4) is 0 Å². The fourth-order valence-electron chi connectivity index (χ4n) is 3.23. The number of hydrogen-bond donors (Lipinski definition) is 1. The Morgan fingerprint density at radius 1 is 1.53 bits per heavy atom. The lowest BCUT2D eigenvalue weighted by atomic mass is 9.81. The average molecular weight is 207 g/mol. The van der Waals surface area contributed by atoms with Crippen molar-refractivity contribution in [1.29, 1.82) is 0 Å². The topological polar surface area (TPSA) is 64.9 Å². The van der Waals surface area contributed by atoms with Gasteiger partial charge in [-0.3, -0.25) is 0 Å². The van der Waals surface area contributed by atoms with Gasteiger partial charge in [0.15, 0.2) is 5.82 Å². The molecule has 1 aromatic heterocycles. The molecule has 3 atom stereocenters. The monoisotopic (exact) mass is 207 g/mol. The number of nitrogens with zero attached hydrogens (tertiary/aromatic N) is 2. The van der Waals surface area contributed by atoms with Crippen LogP contribution in [0.1, 0.15) is 44.3 Å². The third-order valence-corrected chi connectivity index (χ3v) is 4.08. The van der Waals surface area contributed by atoms with Crippen LogP contribution in [0, 0.1) is 11.8 Å². The summed E-state index contributed by atoms with van der Waals surface area (Å²) in [6, 6.07) is 0. The van der Waals surface area contributed by atoms with Crippen LogP contribution >= 0.6 is 0 Å². The van der Waals surface area contributed by atoms with Crippen molar-refractivity contribution in [2.45, 2.75) is 44.6 Å². The lowest BCUT2D eigenvalue weighted by Crippen LogP contribution is -2.42. The van der Waals surface area contributed by atoms with E-state index in [0.29, 0.717) is 11.8 Å². The molecular formula is C11H17N3O. The number of rotatable bonds is 2. The molecule has 0 amide bonds. The predicted octanol–water partition coefficient (Wildman–Crippen LogP) is 1.61. The predicted molar refractivity (Wildman–Crippen MR) is 55.0 cm³/mol. The van der Waals surface area contributed by atoms with Gasteiger partial charge >= 0.3 is 0 Å². The second kappa shape index (κ2) is 3.04. The molecule has 2 N–H and O–H groups in total. The van der Waals surface area contributed by atoms with Crippen LogP contribution in [0.4, 0.5) is 0 Å². The molecule has 2 fully saturated rings. The maximum absolute atomic E-state index is 6.45. The molecule has 0 aliphatic heterocycles. The minimum absolute atomic E-state index is 0.292. The van der Waals surface area contributed by atoms with Crippen molar-refractivity contribution < 1.29 is 4.52 Å². The first-order valence-electron chi connectivity index (χ1n) is 5.84. The largest absolute Gasteiger partial charge is 0.339 e. The highest BCUT2D eigenvalue weighted by atomic mass is 16.5. The highest BCUT2D eigenvalue weighted by Gasteiger charge is 2.52. The molecule has 1 aromatic rings. The molecule has 3 unspecified atom stereocenters. The molecule has 2 aliphatic carbocycles. The highest BCUT2D eigenvalue weighted by Crippen LogP contribution is 2.53. The summed E-state index contributed by atoms with van der Waals surface area (Å²) in [5, 5.41) is 4.05. The summed E-state index contributed by atoms with van der Waals surface area (Å²) in [4.78, 5) is 4.40. The van der Waals surface area contributed by atoms with E-state index < -0.39 is 0 Å². The zero-order valence-corrected chi connectivity index (χ0v) is 9.07. The van der Waals surface area contributed by atoms with Crippen molar-refractivity contribution in [1.82, 2.24) is 10.1 Å². The van der Waals surface area contributed by atoms with Gasteiger partial charge in [0, 0.05) is 6.42 Å². The van der Waals surface area contributed by atoms with E-state index in [4.69, 9.17) is 10.3 Å². The fraction of sp³-hybridized carbons (Fsp3) is 0.818. The van der Waals surface area contributed by atoms with Gasteiger partial charge in [-0.25, -0.2) is 0 Å². The highest BCUT2D eigenvalue weighted by molar-refractivity contribution is 5.14. The summed E-state index contributed by atoms with van der Waals surface area (Å²) in [6.45, 7) is 2.02. The van der Waals surface area contributed by atoms with Gasteiger partial charge in [-0.2, -0.15) is 4.98 Å². The van der Waals surface area contributed by atoms with E-state index in [1.54, 1.807) is 0 Å². The van der Waals surface area contributed by atoms with Crippen molar-refractivity contribution in [3.63, 3.8) is 0 Å². The van der Waals surface area contributed by atoms with Crippen LogP contribution in [-0.2, 0) is 12.0 Å². The standard InChI is InChI=1S/C11H17N3O/c1-2-9-13-10(14-15-9)11(12)6-7-3-4-8(11)5-7/h7-8H,2-6,12H2,1H3.